The first kappa shape index (κ1) is 29.1. The third-order valence-corrected chi connectivity index (χ3v) is 6.93. The van der Waals surface area contributed by atoms with E-state index in [2.05, 4.69) is 70.6 Å². The van der Waals surface area contributed by atoms with Crippen molar-refractivity contribution in [3.8, 4) is 22.5 Å². The topological polar surface area (TPSA) is 51.8 Å². The molecule has 0 saturated carbocycles. The van der Waals surface area contributed by atoms with Crippen LogP contribution in [0.25, 0.3) is 44.6 Å². The van der Waals surface area contributed by atoms with Crippen LogP contribution in [0.1, 0.15) is 22.4 Å². The maximum absolute atomic E-state index is 6.18. The fourth-order valence-electron chi connectivity index (χ4n) is 4.70. The molecule has 7 rings (SSSR count). The molecule has 0 bridgehead atoms. The van der Waals surface area contributed by atoms with Crippen molar-refractivity contribution in [3.05, 3.63) is 150 Å². The van der Waals surface area contributed by atoms with Gasteiger partial charge in [-0.2, -0.15) is 0 Å². The number of hydrogen-bond donors (Lipinski definition) is 0. The summed E-state index contributed by atoms with van der Waals surface area (Å²) in [6, 6.07) is 41.1. The fraction of sp³-hybridized carbons (Fsp3) is 0.108. The second kappa shape index (κ2) is 13.5. The molecule has 0 atom stereocenters. The average Bonchev–Trinajstić information content (AvgIpc) is 3.40. The number of rotatable bonds is 5. The van der Waals surface area contributed by atoms with Crippen LogP contribution in [0.15, 0.2) is 120 Å². The molecule has 1 radical (unpaired) electrons. The number of nitrogens with zero attached hydrogens (tertiary/aromatic N) is 3. The molecule has 0 fully saturated rings. The molecule has 209 valence electrons. The number of aryl methyl sites for hydroxylation is 4. The molecule has 4 nitrogen and oxygen atoms in total. The summed E-state index contributed by atoms with van der Waals surface area (Å²) in [5.74, 6) is 0. The summed E-state index contributed by atoms with van der Waals surface area (Å²) in [4.78, 5) is 13.6. The Kier molecular flexibility index (Phi) is 9.33. The molecule has 42 heavy (non-hydrogen) atoms. The standard InChI is InChI=1S/C25H19N2O.C12H10N.Ir/c1-17-10-15-23(26-16-17)22-9-5-8-20-21-14-13-19(27-25(21)28-24(20)22)12-11-18-6-3-2-4-7-18;1-10-7-8-12(13-9-10)11-5-3-2-4-6-11;/h2-8,10,13-16H,11-12H2,1H3;2-5,7-9H,1H3;/q2*-1;. The molecular weight excluding hydrogens is 695 g/mol. The van der Waals surface area contributed by atoms with Crippen molar-refractivity contribution in [2.24, 2.45) is 0 Å². The molecule has 0 saturated heterocycles. The van der Waals surface area contributed by atoms with Crippen LogP contribution in [-0.4, -0.2) is 15.0 Å². The first-order valence-corrected chi connectivity index (χ1v) is 13.7. The first-order valence-electron chi connectivity index (χ1n) is 13.7. The van der Waals surface area contributed by atoms with Crippen molar-refractivity contribution >= 4 is 22.1 Å². The van der Waals surface area contributed by atoms with Crippen LogP contribution in [0.2, 0.25) is 0 Å². The van der Waals surface area contributed by atoms with Crippen molar-refractivity contribution in [2.75, 3.05) is 0 Å². The number of benzene rings is 3. The predicted octanol–water partition coefficient (Wildman–Crippen LogP) is 8.79. The largest absolute Gasteiger partial charge is 0.486 e. The quantitative estimate of drug-likeness (QED) is 0.167. The summed E-state index contributed by atoms with van der Waals surface area (Å²) in [5.41, 5.74) is 9.89. The van der Waals surface area contributed by atoms with Gasteiger partial charge in [0.2, 0.25) is 5.71 Å². The van der Waals surface area contributed by atoms with Gasteiger partial charge < -0.3 is 14.4 Å². The minimum Gasteiger partial charge on any atom is -0.486 e. The van der Waals surface area contributed by atoms with E-state index in [4.69, 9.17) is 9.40 Å². The minimum absolute atomic E-state index is 0. The van der Waals surface area contributed by atoms with Gasteiger partial charge in [0, 0.05) is 43.6 Å². The number of hydrogen-bond acceptors (Lipinski definition) is 4. The summed E-state index contributed by atoms with van der Waals surface area (Å²) in [6.45, 7) is 4.06. The zero-order valence-corrected chi connectivity index (χ0v) is 25.9. The molecular formula is C37H29IrN3O-2. The zero-order chi connectivity index (χ0) is 28.0. The summed E-state index contributed by atoms with van der Waals surface area (Å²) in [5, 5.41) is 2.08. The normalized spacial score (nSPS) is 10.6. The van der Waals surface area contributed by atoms with E-state index in [-0.39, 0.29) is 20.1 Å². The summed E-state index contributed by atoms with van der Waals surface area (Å²) in [7, 11) is 0. The molecule has 3 aromatic carbocycles. The van der Waals surface area contributed by atoms with Crippen LogP contribution in [0.5, 0.6) is 0 Å². The van der Waals surface area contributed by atoms with Gasteiger partial charge in [0.15, 0.2) is 0 Å². The Morgan fingerprint density at radius 3 is 2.07 bits per heavy atom. The monoisotopic (exact) mass is 724 g/mol. The van der Waals surface area contributed by atoms with Crippen molar-refractivity contribution in [2.45, 2.75) is 26.7 Å². The summed E-state index contributed by atoms with van der Waals surface area (Å²) < 4.78 is 6.18. The van der Waals surface area contributed by atoms with Crippen LogP contribution in [0.3, 0.4) is 0 Å². The second-order valence-electron chi connectivity index (χ2n) is 10.1. The Balaban J connectivity index is 0.000000212. The SMILES string of the molecule is Cc1ccc(-c2[c-]ccc3c2oc2nc(CCc4ccccc4)ccc23)nc1.Cc1ccc(-c2[c-]cccc2)nc1.[Ir]. The van der Waals surface area contributed by atoms with E-state index in [9.17, 15) is 0 Å². The number of aromatic nitrogens is 3. The van der Waals surface area contributed by atoms with Gasteiger partial charge in [-0.15, -0.1) is 54.1 Å². The molecule has 0 aliphatic rings. The maximum Gasteiger partial charge on any atom is 0.216 e. The van der Waals surface area contributed by atoms with Crippen molar-refractivity contribution in [1.82, 2.24) is 15.0 Å². The molecule has 5 heteroatoms. The van der Waals surface area contributed by atoms with Crippen LogP contribution in [-0.2, 0) is 32.9 Å². The molecule has 0 aliphatic heterocycles. The zero-order valence-electron chi connectivity index (χ0n) is 23.5. The average molecular weight is 724 g/mol. The van der Waals surface area contributed by atoms with Crippen molar-refractivity contribution < 1.29 is 24.5 Å². The summed E-state index contributed by atoms with van der Waals surface area (Å²) >= 11 is 0. The molecule has 7 aromatic rings. The maximum atomic E-state index is 6.18. The van der Waals surface area contributed by atoms with Crippen LogP contribution >= 0.6 is 0 Å². The van der Waals surface area contributed by atoms with E-state index < -0.39 is 0 Å². The molecule has 0 spiro atoms. The molecule has 4 heterocycles. The second-order valence-corrected chi connectivity index (χ2v) is 10.1. The number of pyridine rings is 3. The van der Waals surface area contributed by atoms with Gasteiger partial charge in [-0.05, 0) is 66.9 Å². The molecule has 0 N–H and O–H groups in total. The molecule has 0 aliphatic carbocycles. The molecule has 0 amide bonds. The van der Waals surface area contributed by atoms with E-state index in [1.54, 1.807) is 0 Å². The van der Waals surface area contributed by atoms with Crippen LogP contribution < -0.4 is 0 Å². The van der Waals surface area contributed by atoms with Gasteiger partial charge >= 0.3 is 0 Å². The third-order valence-electron chi connectivity index (χ3n) is 6.93. The number of furan rings is 1. The first-order chi connectivity index (χ1) is 20.1. The Labute approximate surface area is 259 Å². The Bertz CT molecular complexity index is 1880. The Morgan fingerprint density at radius 1 is 0.643 bits per heavy atom. The Morgan fingerprint density at radius 2 is 1.38 bits per heavy atom. The van der Waals surface area contributed by atoms with E-state index in [0.29, 0.717) is 5.71 Å². The van der Waals surface area contributed by atoms with E-state index in [1.807, 2.05) is 80.8 Å². The van der Waals surface area contributed by atoms with Gasteiger partial charge in [0.1, 0.15) is 0 Å². The van der Waals surface area contributed by atoms with Crippen molar-refractivity contribution in [3.63, 3.8) is 0 Å². The van der Waals surface area contributed by atoms with E-state index in [1.165, 1.54) is 11.1 Å². The van der Waals surface area contributed by atoms with E-state index >= 15 is 0 Å². The molecule has 4 aromatic heterocycles. The van der Waals surface area contributed by atoms with E-state index in [0.717, 1.165) is 63.0 Å². The van der Waals surface area contributed by atoms with Crippen LogP contribution in [0, 0.1) is 26.0 Å². The van der Waals surface area contributed by atoms with Crippen molar-refractivity contribution in [1.29, 1.82) is 0 Å². The van der Waals surface area contributed by atoms with Gasteiger partial charge in [-0.25, -0.2) is 4.98 Å². The molecule has 0 unspecified atom stereocenters. The summed E-state index contributed by atoms with van der Waals surface area (Å²) in [6.07, 6.45) is 5.59. The van der Waals surface area contributed by atoms with Gasteiger partial charge in [-0.3, -0.25) is 0 Å². The van der Waals surface area contributed by atoms with Gasteiger partial charge in [-0.1, -0.05) is 65.5 Å². The Hall–Kier alpha value is -4.44. The number of fused-ring (bicyclic) bond motifs is 3. The fourth-order valence-corrected chi connectivity index (χ4v) is 4.70. The smallest absolute Gasteiger partial charge is 0.216 e. The predicted molar refractivity (Wildman–Crippen MR) is 165 cm³/mol. The minimum atomic E-state index is 0. The van der Waals surface area contributed by atoms with Gasteiger partial charge in [0.05, 0.1) is 5.58 Å². The van der Waals surface area contributed by atoms with Crippen LogP contribution in [0.4, 0.5) is 0 Å². The van der Waals surface area contributed by atoms with Gasteiger partial charge in [0.25, 0.3) is 0 Å². The third kappa shape index (κ3) is 6.71.